The Kier molecular flexibility index (Phi) is 20.1. The van der Waals surface area contributed by atoms with Gasteiger partial charge in [-0.25, -0.2) is 0 Å². The van der Waals surface area contributed by atoms with Crippen molar-refractivity contribution in [2.24, 2.45) is 0 Å². The summed E-state index contributed by atoms with van der Waals surface area (Å²) in [5.41, 5.74) is 0. The fourth-order valence-electron chi connectivity index (χ4n) is 0. The maximum Gasteiger partial charge on any atom is -1.00 e. The van der Waals surface area contributed by atoms with Crippen LogP contribution in [0.1, 0.15) is 0 Å². The molecule has 0 aliphatic carbocycles. The molecule has 0 atom stereocenters. The van der Waals surface area contributed by atoms with Crippen LogP contribution in [0.3, 0.4) is 0 Å². The monoisotopic (exact) mass is 216 g/mol. The molecule has 0 aromatic rings. The molecule has 0 aromatic heterocycles. The minimum atomic E-state index is 0. The van der Waals surface area contributed by atoms with Crippen LogP contribution in [0.15, 0.2) is 0 Å². The average molecular weight is 217 g/mol. The summed E-state index contributed by atoms with van der Waals surface area (Å²) in [5.74, 6) is 0. The van der Waals surface area contributed by atoms with Gasteiger partial charge in [0.1, 0.15) is 0 Å². The first kappa shape index (κ1) is 8.87. The molecule has 2 heteroatoms. The van der Waals surface area contributed by atoms with Crippen molar-refractivity contribution in [1.82, 2.24) is 0 Å². The standard InChI is InChI=1S/C2H.HI.Zn/c1-2;;/h1H;1H;/q;;+1/p-1. The molecular weight excluding hydrogens is 216 g/mol. The SMILES string of the molecule is C#[C][Zn+].[I-]. The van der Waals surface area contributed by atoms with E-state index in [4.69, 9.17) is 0 Å². The van der Waals surface area contributed by atoms with Gasteiger partial charge in [-0.2, -0.15) is 0 Å². The second-order valence-corrected chi connectivity index (χ2v) is 1.06. The van der Waals surface area contributed by atoms with Crippen molar-refractivity contribution in [3.63, 3.8) is 0 Å². The van der Waals surface area contributed by atoms with Gasteiger partial charge in [-0.1, -0.05) is 0 Å². The van der Waals surface area contributed by atoms with E-state index in [2.05, 4.69) is 10.9 Å². The molecule has 0 spiro atoms. The fraction of sp³-hybridized carbons (Fsp3) is 0. The largest absolute Gasteiger partial charge is 1.00 e. The summed E-state index contributed by atoms with van der Waals surface area (Å²) in [6.45, 7) is 0. The number of halogens is 1. The van der Waals surface area contributed by atoms with Gasteiger partial charge in [-0.15, -0.1) is 0 Å². The Morgan fingerprint density at radius 1 is 1.75 bits per heavy atom. The summed E-state index contributed by atoms with van der Waals surface area (Å²) >= 11 is 0.972. The first-order valence-electron chi connectivity index (χ1n) is 0.642. The molecule has 0 rings (SSSR count). The minimum absolute atomic E-state index is 0. The van der Waals surface area contributed by atoms with E-state index in [1.165, 1.54) is 0 Å². The van der Waals surface area contributed by atoms with E-state index >= 15 is 0 Å². The van der Waals surface area contributed by atoms with Crippen molar-refractivity contribution in [3.8, 4) is 10.9 Å². The molecule has 0 aliphatic rings. The van der Waals surface area contributed by atoms with Crippen molar-refractivity contribution in [2.45, 2.75) is 0 Å². The van der Waals surface area contributed by atoms with E-state index in [1.807, 2.05) is 0 Å². The Balaban J connectivity index is 0. The third-order valence-electron chi connectivity index (χ3n) is 0. The topological polar surface area (TPSA) is 0 Å². The van der Waals surface area contributed by atoms with Crippen LogP contribution in [0, 0.1) is 10.9 Å². The van der Waals surface area contributed by atoms with E-state index in [9.17, 15) is 0 Å². The Bertz CT molecular complexity index is 27.5. The van der Waals surface area contributed by atoms with Gasteiger partial charge in [0.15, 0.2) is 0 Å². The molecule has 0 saturated carbocycles. The molecule has 0 radical (unpaired) electrons. The van der Waals surface area contributed by atoms with Crippen molar-refractivity contribution >= 4 is 0 Å². The molecule has 18 valence electrons. The summed E-state index contributed by atoms with van der Waals surface area (Å²) in [7, 11) is 0. The van der Waals surface area contributed by atoms with Crippen LogP contribution in [-0.2, 0) is 18.3 Å². The molecule has 0 saturated heterocycles. The van der Waals surface area contributed by atoms with Crippen LogP contribution in [0.4, 0.5) is 0 Å². The molecule has 0 aliphatic heterocycles. The molecule has 0 amide bonds. The molecule has 4 heavy (non-hydrogen) atoms. The van der Waals surface area contributed by atoms with Crippen molar-refractivity contribution in [1.29, 1.82) is 0 Å². The summed E-state index contributed by atoms with van der Waals surface area (Å²) in [6, 6.07) is 0. The maximum atomic E-state index is 4.65. The molecule has 0 heterocycles. The van der Waals surface area contributed by atoms with E-state index in [1.54, 1.807) is 0 Å². The smallest absolute Gasteiger partial charge is 1.00 e. The van der Waals surface area contributed by atoms with Gasteiger partial charge < -0.3 is 24.0 Å². The van der Waals surface area contributed by atoms with Crippen LogP contribution in [0.2, 0.25) is 0 Å². The summed E-state index contributed by atoms with van der Waals surface area (Å²) in [4.78, 5) is 0. The third-order valence-corrected chi connectivity index (χ3v) is 0. The van der Waals surface area contributed by atoms with Crippen LogP contribution in [0.25, 0.3) is 0 Å². The second kappa shape index (κ2) is 9.07. The van der Waals surface area contributed by atoms with Gasteiger partial charge in [0, 0.05) is 0 Å². The zero-order chi connectivity index (χ0) is 2.71. The zero-order valence-electron chi connectivity index (χ0n) is 2.16. The first-order valence-corrected chi connectivity index (χ1v) is 2.13. The normalized spacial score (nSPS) is 2.25. The minimum Gasteiger partial charge on any atom is -1.00 e. The van der Waals surface area contributed by atoms with Crippen LogP contribution >= 0.6 is 0 Å². The molecule has 0 nitrogen and oxygen atoms in total. The van der Waals surface area contributed by atoms with Crippen LogP contribution in [0.5, 0.6) is 0 Å². The molecule has 0 aromatic carbocycles. The van der Waals surface area contributed by atoms with Gasteiger partial charge in [-0.05, 0) is 0 Å². The Hall–Kier alpha value is 0.913. The number of rotatable bonds is 0. The summed E-state index contributed by atoms with van der Waals surface area (Å²) in [5, 5.41) is 0. The van der Waals surface area contributed by atoms with E-state index in [-0.39, 0.29) is 24.0 Å². The Morgan fingerprint density at radius 2 is 1.75 bits per heavy atom. The predicted octanol–water partition coefficient (Wildman–Crippen LogP) is -2.87. The Labute approximate surface area is 53.0 Å². The fourth-order valence-corrected chi connectivity index (χ4v) is 0. The van der Waals surface area contributed by atoms with Crippen LogP contribution < -0.4 is 24.0 Å². The predicted molar refractivity (Wildman–Crippen MR) is 8.83 cm³/mol. The second-order valence-electron chi connectivity index (χ2n) is 0.204. The van der Waals surface area contributed by atoms with E-state index in [0.29, 0.717) is 0 Å². The summed E-state index contributed by atoms with van der Waals surface area (Å²) in [6.07, 6.45) is 4.65. The maximum absolute atomic E-state index is 4.65. The van der Waals surface area contributed by atoms with Gasteiger partial charge in [0.05, 0.1) is 0 Å². The number of terminal acetylenes is 1. The van der Waals surface area contributed by atoms with Gasteiger partial charge in [-0.3, -0.25) is 0 Å². The van der Waals surface area contributed by atoms with Gasteiger partial charge in [0.2, 0.25) is 0 Å². The molecular formula is C2HIZn. The third kappa shape index (κ3) is 12.8. The zero-order valence-corrected chi connectivity index (χ0v) is 7.29. The number of hydrogen-bond acceptors (Lipinski definition) is 0. The van der Waals surface area contributed by atoms with Crippen molar-refractivity contribution in [2.75, 3.05) is 0 Å². The van der Waals surface area contributed by atoms with Crippen molar-refractivity contribution < 1.29 is 42.3 Å². The first-order chi connectivity index (χ1) is 1.41. The van der Waals surface area contributed by atoms with Crippen LogP contribution in [-0.4, -0.2) is 0 Å². The summed E-state index contributed by atoms with van der Waals surface area (Å²) < 4.78 is 2.38. The van der Waals surface area contributed by atoms with Crippen molar-refractivity contribution in [3.05, 3.63) is 0 Å². The van der Waals surface area contributed by atoms with Gasteiger partial charge >= 0.3 is 29.2 Å². The van der Waals surface area contributed by atoms with E-state index < -0.39 is 0 Å². The Morgan fingerprint density at radius 3 is 1.75 bits per heavy atom. The van der Waals surface area contributed by atoms with Gasteiger partial charge in [0.25, 0.3) is 0 Å². The molecule has 0 bridgehead atoms. The average Bonchev–Trinajstić information content (AvgIpc) is 0.918. The quantitative estimate of drug-likeness (QED) is 0.232. The number of hydrogen-bond donors (Lipinski definition) is 0. The molecule has 0 unspecified atom stereocenters. The van der Waals surface area contributed by atoms with E-state index in [0.717, 1.165) is 18.3 Å². The molecule has 0 fully saturated rings. The molecule has 0 N–H and O–H groups in total.